The van der Waals surface area contributed by atoms with Crippen LogP contribution in [0, 0.1) is 5.41 Å². The zero-order valence-corrected chi connectivity index (χ0v) is 22.7. The standard InChI is InChI=1S/C24H30N10O4.ClH/c1-5-29-34(17-10-19(33(4)13-17)22(36)27-7-6-21(25)26)24(38)20-9-16(12-32(20)3)30-23(37)18-8-15(28-14-35)11-31(18)2;/h5,8-14H,6-7H2,1-4H3,(H3,25,26)(H,27,36)(H,28,35)(H,30,37);1H/b29-5+;. The molecule has 0 atom stereocenters. The maximum atomic E-state index is 13.5. The maximum absolute atomic E-state index is 13.5. The van der Waals surface area contributed by atoms with Gasteiger partial charge >= 0.3 is 0 Å². The molecule has 3 rings (SSSR count). The molecular weight excluding hydrogens is 528 g/mol. The summed E-state index contributed by atoms with van der Waals surface area (Å²) in [5, 5.41) is 20.5. The van der Waals surface area contributed by atoms with Crippen molar-refractivity contribution in [3.05, 3.63) is 53.9 Å². The number of halogens is 1. The Bertz CT molecular complexity index is 1420. The molecule has 0 aliphatic heterocycles. The molecule has 3 aromatic heterocycles. The van der Waals surface area contributed by atoms with Crippen molar-refractivity contribution in [2.24, 2.45) is 32.0 Å². The normalized spacial score (nSPS) is 10.6. The molecule has 3 heterocycles. The topological polar surface area (TPSA) is 185 Å². The maximum Gasteiger partial charge on any atom is 0.295 e. The van der Waals surface area contributed by atoms with E-state index >= 15 is 0 Å². The molecule has 0 saturated carbocycles. The first-order valence-corrected chi connectivity index (χ1v) is 11.5. The Kier molecular flexibility index (Phi) is 10.2. The van der Waals surface area contributed by atoms with Crippen molar-refractivity contribution in [1.29, 1.82) is 5.41 Å². The van der Waals surface area contributed by atoms with Gasteiger partial charge in [0.2, 0.25) is 6.41 Å². The second kappa shape index (κ2) is 13.1. The second-order valence-corrected chi connectivity index (χ2v) is 8.38. The van der Waals surface area contributed by atoms with Crippen molar-refractivity contribution >= 4 is 65.7 Å². The minimum absolute atomic E-state index is 0. The number of nitrogens with one attached hydrogen (secondary N) is 4. The molecule has 0 aliphatic rings. The number of nitrogens with zero attached hydrogens (tertiary/aromatic N) is 5. The average molecular weight is 559 g/mol. The van der Waals surface area contributed by atoms with Gasteiger partial charge in [0.05, 0.1) is 22.9 Å². The smallest absolute Gasteiger partial charge is 0.295 e. The lowest BCUT2D eigenvalue weighted by molar-refractivity contribution is -0.105. The Hall–Kier alpha value is -4.85. The predicted octanol–water partition coefficient (Wildman–Crippen LogP) is 1.65. The summed E-state index contributed by atoms with van der Waals surface area (Å²) in [5.74, 6) is -1.34. The molecule has 14 nitrogen and oxygen atoms in total. The van der Waals surface area contributed by atoms with Crippen molar-refractivity contribution in [2.45, 2.75) is 13.3 Å². The van der Waals surface area contributed by atoms with Crippen LogP contribution in [0.15, 0.2) is 41.9 Å². The molecule has 0 aromatic carbocycles. The SMILES string of the molecule is C/C=N/N(C(=O)c1cc(NC(=O)c2cc(NC=O)cn2C)cn1C)c1cc(C(=O)NCCC(=N)N)n(C)c1.Cl. The first-order chi connectivity index (χ1) is 18.0. The van der Waals surface area contributed by atoms with Gasteiger partial charge < -0.3 is 35.4 Å². The average Bonchev–Trinajstić information content (AvgIpc) is 3.53. The number of nitrogens with two attached hydrogens (primary N) is 1. The highest BCUT2D eigenvalue weighted by Gasteiger charge is 2.24. The van der Waals surface area contributed by atoms with Crippen LogP contribution in [0.3, 0.4) is 0 Å². The van der Waals surface area contributed by atoms with Crippen molar-refractivity contribution in [2.75, 3.05) is 22.2 Å². The molecule has 0 fully saturated rings. The van der Waals surface area contributed by atoms with Crippen LogP contribution >= 0.6 is 12.4 Å². The molecule has 0 saturated heterocycles. The highest BCUT2D eigenvalue weighted by Crippen LogP contribution is 2.23. The van der Waals surface area contributed by atoms with Crippen LogP contribution in [0.25, 0.3) is 0 Å². The van der Waals surface area contributed by atoms with Gasteiger partial charge in [0.25, 0.3) is 17.7 Å². The van der Waals surface area contributed by atoms with Gasteiger partial charge in [-0.25, -0.2) is 0 Å². The number of carbonyl (C=O) groups excluding carboxylic acids is 4. The Morgan fingerprint density at radius 1 is 0.974 bits per heavy atom. The fourth-order valence-corrected chi connectivity index (χ4v) is 3.73. The summed E-state index contributed by atoms with van der Waals surface area (Å²) in [6, 6.07) is 4.57. The van der Waals surface area contributed by atoms with Crippen LogP contribution < -0.4 is 26.7 Å². The zero-order chi connectivity index (χ0) is 28.0. The van der Waals surface area contributed by atoms with E-state index in [9.17, 15) is 19.2 Å². The third-order valence-corrected chi connectivity index (χ3v) is 5.52. The Balaban J connectivity index is 0.00000533. The Morgan fingerprint density at radius 3 is 2.21 bits per heavy atom. The van der Waals surface area contributed by atoms with Crippen LogP contribution in [0.1, 0.15) is 44.8 Å². The third-order valence-electron chi connectivity index (χ3n) is 5.52. The summed E-state index contributed by atoms with van der Waals surface area (Å²) in [6.45, 7) is 1.86. The van der Waals surface area contributed by atoms with Crippen molar-refractivity contribution in [1.82, 2.24) is 19.0 Å². The van der Waals surface area contributed by atoms with Gasteiger partial charge in [0.1, 0.15) is 17.1 Å². The molecule has 0 spiro atoms. The molecule has 3 aromatic rings. The minimum Gasteiger partial charge on any atom is -0.388 e. The van der Waals surface area contributed by atoms with Crippen molar-refractivity contribution in [3.63, 3.8) is 0 Å². The van der Waals surface area contributed by atoms with Gasteiger partial charge in [-0.05, 0) is 25.1 Å². The number of hydrazone groups is 1. The van der Waals surface area contributed by atoms with Crippen LogP contribution in [0.2, 0.25) is 0 Å². The molecule has 0 bridgehead atoms. The minimum atomic E-state index is -0.489. The van der Waals surface area contributed by atoms with Gasteiger partial charge in [0, 0.05) is 58.9 Å². The number of rotatable bonds is 11. The number of carbonyl (C=O) groups is 4. The fourth-order valence-electron chi connectivity index (χ4n) is 3.73. The first-order valence-electron chi connectivity index (χ1n) is 11.5. The number of amides is 4. The van der Waals surface area contributed by atoms with Gasteiger partial charge in [0.15, 0.2) is 0 Å². The number of anilines is 3. The van der Waals surface area contributed by atoms with E-state index in [1.54, 1.807) is 60.4 Å². The molecule has 0 unspecified atom stereocenters. The Labute approximate surface area is 230 Å². The fraction of sp³-hybridized carbons (Fsp3) is 0.250. The monoisotopic (exact) mass is 558 g/mol. The lowest BCUT2D eigenvalue weighted by Crippen LogP contribution is -2.29. The highest BCUT2D eigenvalue weighted by atomic mass is 35.5. The number of aromatic nitrogens is 3. The van der Waals surface area contributed by atoms with Gasteiger partial charge in [-0.15, -0.1) is 12.4 Å². The second-order valence-electron chi connectivity index (χ2n) is 8.38. The third kappa shape index (κ3) is 7.13. The van der Waals surface area contributed by atoms with Crippen LogP contribution in [-0.4, -0.2) is 56.4 Å². The van der Waals surface area contributed by atoms with Crippen molar-refractivity contribution < 1.29 is 19.2 Å². The summed E-state index contributed by atoms with van der Waals surface area (Å²) in [5.41, 5.74) is 7.37. The van der Waals surface area contributed by atoms with Gasteiger partial charge in [-0.1, -0.05) is 0 Å². The summed E-state index contributed by atoms with van der Waals surface area (Å²) in [6.07, 6.45) is 6.97. The molecule has 6 N–H and O–H groups in total. The highest BCUT2D eigenvalue weighted by molar-refractivity contribution is 6.08. The van der Waals surface area contributed by atoms with E-state index in [0.29, 0.717) is 34.9 Å². The molecule has 208 valence electrons. The van der Waals surface area contributed by atoms with E-state index in [2.05, 4.69) is 21.1 Å². The molecule has 0 radical (unpaired) electrons. The van der Waals surface area contributed by atoms with E-state index in [0.717, 1.165) is 5.01 Å². The van der Waals surface area contributed by atoms with Gasteiger partial charge in [-0.2, -0.15) is 10.1 Å². The number of amidine groups is 1. The quantitative estimate of drug-likeness (QED) is 0.103. The van der Waals surface area contributed by atoms with E-state index < -0.39 is 11.8 Å². The molecule has 0 aliphatic carbocycles. The summed E-state index contributed by atoms with van der Waals surface area (Å²) in [7, 11) is 4.99. The van der Waals surface area contributed by atoms with E-state index in [1.807, 2.05) is 0 Å². The number of aryl methyl sites for hydroxylation is 3. The van der Waals surface area contributed by atoms with E-state index in [4.69, 9.17) is 11.1 Å². The van der Waals surface area contributed by atoms with Crippen LogP contribution in [0.5, 0.6) is 0 Å². The lowest BCUT2D eigenvalue weighted by atomic mass is 10.3. The molecule has 39 heavy (non-hydrogen) atoms. The van der Waals surface area contributed by atoms with Crippen molar-refractivity contribution in [3.8, 4) is 0 Å². The van der Waals surface area contributed by atoms with Crippen LogP contribution in [-0.2, 0) is 25.9 Å². The molecule has 4 amide bonds. The van der Waals surface area contributed by atoms with E-state index in [-0.39, 0.29) is 42.8 Å². The number of hydrogen-bond acceptors (Lipinski definition) is 6. The zero-order valence-electron chi connectivity index (χ0n) is 21.9. The van der Waals surface area contributed by atoms with Gasteiger partial charge in [-0.3, -0.25) is 24.6 Å². The Morgan fingerprint density at radius 2 is 1.56 bits per heavy atom. The van der Waals surface area contributed by atoms with E-state index in [1.165, 1.54) is 24.4 Å². The first kappa shape index (κ1) is 30.4. The largest absolute Gasteiger partial charge is 0.388 e. The van der Waals surface area contributed by atoms with Crippen LogP contribution in [0.4, 0.5) is 17.1 Å². The number of hydrogen-bond donors (Lipinski definition) is 5. The molecule has 15 heteroatoms. The summed E-state index contributed by atoms with van der Waals surface area (Å²) >= 11 is 0. The molecular formula is C24H31ClN10O4. The summed E-state index contributed by atoms with van der Waals surface area (Å²) < 4.78 is 4.68. The summed E-state index contributed by atoms with van der Waals surface area (Å²) in [4.78, 5) is 49.5. The predicted molar refractivity (Wildman–Crippen MR) is 151 cm³/mol. The lowest BCUT2D eigenvalue weighted by Gasteiger charge is -2.15.